The van der Waals surface area contributed by atoms with Crippen molar-refractivity contribution in [1.82, 2.24) is 5.32 Å². The second-order valence-corrected chi connectivity index (χ2v) is 6.01. The largest absolute Gasteiger partial charge is 0.349 e. The molecule has 0 spiro atoms. The lowest BCUT2D eigenvalue weighted by atomic mass is 10.0. The third-order valence-corrected chi connectivity index (χ3v) is 4.30. The van der Waals surface area contributed by atoms with Crippen molar-refractivity contribution in [2.24, 2.45) is 5.41 Å². The highest BCUT2D eigenvalue weighted by Gasteiger charge is 2.56. The highest BCUT2D eigenvalue weighted by atomic mass is 16.2. The third kappa shape index (κ3) is 3.26. The van der Waals surface area contributed by atoms with Crippen LogP contribution >= 0.6 is 0 Å². The van der Waals surface area contributed by atoms with Crippen molar-refractivity contribution < 1.29 is 9.59 Å². The minimum atomic E-state index is -0.918. The first kappa shape index (κ1) is 15.3. The molecule has 2 amide bonds. The van der Waals surface area contributed by atoms with Crippen LogP contribution in [0.2, 0.25) is 0 Å². The van der Waals surface area contributed by atoms with E-state index in [4.69, 9.17) is 0 Å². The molecule has 0 bridgehead atoms. The van der Waals surface area contributed by atoms with Crippen LogP contribution in [0.4, 0.5) is 5.69 Å². The number of benzene rings is 2. The van der Waals surface area contributed by atoms with Gasteiger partial charge in [-0.15, -0.1) is 0 Å². The Morgan fingerprint density at radius 1 is 0.913 bits per heavy atom. The van der Waals surface area contributed by atoms with Gasteiger partial charge in [0, 0.05) is 5.69 Å². The van der Waals surface area contributed by atoms with Crippen LogP contribution in [0, 0.1) is 5.41 Å². The minimum Gasteiger partial charge on any atom is -0.349 e. The Morgan fingerprint density at radius 3 is 2.04 bits per heavy atom. The van der Waals surface area contributed by atoms with Gasteiger partial charge in [0.25, 0.3) is 0 Å². The minimum absolute atomic E-state index is 0.120. The lowest BCUT2D eigenvalue weighted by molar-refractivity contribution is -0.134. The zero-order valence-electron chi connectivity index (χ0n) is 13.1. The van der Waals surface area contributed by atoms with Crippen LogP contribution in [0.1, 0.15) is 31.4 Å². The van der Waals surface area contributed by atoms with E-state index in [1.54, 1.807) is 0 Å². The number of hydrogen-bond donors (Lipinski definition) is 2. The average Bonchev–Trinajstić information content (AvgIpc) is 3.38. The fourth-order valence-electron chi connectivity index (χ4n) is 2.61. The molecule has 1 atom stereocenters. The predicted octanol–water partition coefficient (Wildman–Crippen LogP) is 3.28. The van der Waals surface area contributed by atoms with E-state index in [1.807, 2.05) is 67.6 Å². The lowest BCUT2D eigenvalue weighted by Gasteiger charge is -2.19. The van der Waals surface area contributed by atoms with Crippen LogP contribution in [0.3, 0.4) is 0 Å². The molecule has 23 heavy (non-hydrogen) atoms. The Kier molecular flexibility index (Phi) is 4.15. The molecule has 118 valence electrons. The Morgan fingerprint density at radius 2 is 1.48 bits per heavy atom. The van der Waals surface area contributed by atoms with Crippen LogP contribution in [-0.2, 0) is 9.59 Å². The summed E-state index contributed by atoms with van der Waals surface area (Å²) < 4.78 is 0. The monoisotopic (exact) mass is 308 g/mol. The van der Waals surface area contributed by atoms with Crippen LogP contribution in [0.5, 0.6) is 0 Å². The molecule has 4 heteroatoms. The van der Waals surface area contributed by atoms with Crippen molar-refractivity contribution in [2.75, 3.05) is 5.32 Å². The summed E-state index contributed by atoms with van der Waals surface area (Å²) in [5, 5.41) is 5.80. The van der Waals surface area contributed by atoms with Crippen LogP contribution < -0.4 is 10.6 Å². The molecule has 3 rings (SSSR count). The highest BCUT2D eigenvalue weighted by molar-refractivity contribution is 6.13. The van der Waals surface area contributed by atoms with Crippen molar-refractivity contribution in [2.45, 2.75) is 25.8 Å². The number of nitrogens with one attached hydrogen (secondary N) is 2. The Labute approximate surface area is 135 Å². The molecule has 1 unspecified atom stereocenters. The summed E-state index contributed by atoms with van der Waals surface area (Å²) in [7, 11) is 0. The first-order chi connectivity index (χ1) is 11.1. The molecule has 0 saturated heterocycles. The molecule has 4 nitrogen and oxygen atoms in total. The second kappa shape index (κ2) is 6.24. The molecular weight excluding hydrogens is 288 g/mol. The number of carbonyl (C=O) groups excluding carboxylic acids is 2. The van der Waals surface area contributed by atoms with Crippen molar-refractivity contribution in [3.8, 4) is 0 Å². The summed E-state index contributed by atoms with van der Waals surface area (Å²) >= 11 is 0. The molecule has 1 saturated carbocycles. The first-order valence-electron chi connectivity index (χ1n) is 7.84. The number of rotatable bonds is 5. The molecule has 0 heterocycles. The molecule has 1 fully saturated rings. The quantitative estimate of drug-likeness (QED) is 0.833. The standard InChI is InChI=1S/C19H20N2O2/c1-14(15-8-4-2-5-9-15)20-17(22)19(12-13-19)18(23)21-16-10-6-3-7-11-16/h2-11,14H,12-13H2,1H3,(H,20,22)(H,21,23). The number of para-hydroxylation sites is 1. The first-order valence-corrected chi connectivity index (χ1v) is 7.84. The van der Waals surface area contributed by atoms with Gasteiger partial charge in [-0.1, -0.05) is 48.5 Å². The number of hydrogen-bond acceptors (Lipinski definition) is 2. The van der Waals surface area contributed by atoms with Crippen molar-refractivity contribution in [3.05, 3.63) is 66.2 Å². The summed E-state index contributed by atoms with van der Waals surface area (Å²) in [6.07, 6.45) is 1.19. The third-order valence-electron chi connectivity index (χ3n) is 4.30. The zero-order chi connectivity index (χ0) is 16.3. The summed E-state index contributed by atoms with van der Waals surface area (Å²) in [4.78, 5) is 25.1. The molecular formula is C19H20N2O2. The van der Waals surface area contributed by atoms with Crippen LogP contribution in [0.25, 0.3) is 0 Å². The molecule has 1 aliphatic rings. The van der Waals surface area contributed by atoms with Gasteiger partial charge in [0.2, 0.25) is 11.8 Å². The van der Waals surface area contributed by atoms with Gasteiger partial charge >= 0.3 is 0 Å². The maximum atomic E-state index is 12.6. The van der Waals surface area contributed by atoms with E-state index in [0.29, 0.717) is 18.5 Å². The molecule has 2 N–H and O–H groups in total. The van der Waals surface area contributed by atoms with E-state index in [2.05, 4.69) is 10.6 Å². The summed E-state index contributed by atoms with van der Waals surface area (Å²) in [5.74, 6) is -0.413. The molecule has 2 aromatic rings. The SMILES string of the molecule is CC(NC(=O)C1(C(=O)Nc2ccccc2)CC1)c1ccccc1. The average molecular weight is 308 g/mol. The van der Waals surface area contributed by atoms with Gasteiger partial charge in [-0.05, 0) is 37.5 Å². The second-order valence-electron chi connectivity index (χ2n) is 6.01. The van der Waals surface area contributed by atoms with E-state index in [-0.39, 0.29) is 17.9 Å². The van der Waals surface area contributed by atoms with Gasteiger partial charge in [0.15, 0.2) is 0 Å². The molecule has 1 aliphatic carbocycles. The van der Waals surface area contributed by atoms with Gasteiger partial charge < -0.3 is 10.6 Å². The smallest absolute Gasteiger partial charge is 0.240 e. The zero-order valence-corrected chi connectivity index (χ0v) is 13.1. The van der Waals surface area contributed by atoms with E-state index in [0.717, 1.165) is 5.56 Å². The van der Waals surface area contributed by atoms with Gasteiger partial charge in [-0.2, -0.15) is 0 Å². The Balaban J connectivity index is 1.65. The maximum absolute atomic E-state index is 12.6. The fraction of sp³-hybridized carbons (Fsp3) is 0.263. The maximum Gasteiger partial charge on any atom is 0.240 e. The van der Waals surface area contributed by atoms with Gasteiger partial charge in [0.05, 0.1) is 6.04 Å². The molecule has 0 aliphatic heterocycles. The number of amides is 2. The van der Waals surface area contributed by atoms with Crippen molar-refractivity contribution >= 4 is 17.5 Å². The molecule has 2 aromatic carbocycles. The lowest BCUT2D eigenvalue weighted by Crippen LogP contribution is -2.41. The summed E-state index contributed by atoms with van der Waals surface area (Å²) in [6.45, 7) is 1.93. The van der Waals surface area contributed by atoms with Crippen LogP contribution in [-0.4, -0.2) is 11.8 Å². The van der Waals surface area contributed by atoms with Gasteiger partial charge in [-0.3, -0.25) is 9.59 Å². The van der Waals surface area contributed by atoms with E-state index >= 15 is 0 Å². The Bertz CT molecular complexity index is 694. The van der Waals surface area contributed by atoms with E-state index < -0.39 is 5.41 Å². The van der Waals surface area contributed by atoms with Crippen molar-refractivity contribution in [1.29, 1.82) is 0 Å². The number of carbonyl (C=O) groups is 2. The van der Waals surface area contributed by atoms with Gasteiger partial charge in [0.1, 0.15) is 5.41 Å². The highest BCUT2D eigenvalue weighted by Crippen LogP contribution is 2.47. The van der Waals surface area contributed by atoms with E-state index in [1.165, 1.54) is 0 Å². The van der Waals surface area contributed by atoms with Crippen molar-refractivity contribution in [3.63, 3.8) is 0 Å². The summed E-state index contributed by atoms with van der Waals surface area (Å²) in [6, 6.07) is 18.9. The summed E-state index contributed by atoms with van der Waals surface area (Å²) in [5.41, 5.74) is 0.826. The topological polar surface area (TPSA) is 58.2 Å². The molecule has 0 radical (unpaired) electrons. The van der Waals surface area contributed by atoms with Crippen LogP contribution in [0.15, 0.2) is 60.7 Å². The predicted molar refractivity (Wildman–Crippen MR) is 89.7 cm³/mol. The normalized spacial score (nSPS) is 16.2. The van der Waals surface area contributed by atoms with E-state index in [9.17, 15) is 9.59 Å². The molecule has 0 aromatic heterocycles. The Hall–Kier alpha value is -2.62. The van der Waals surface area contributed by atoms with Gasteiger partial charge in [-0.25, -0.2) is 0 Å². The number of anilines is 1. The fourth-order valence-corrected chi connectivity index (χ4v) is 2.61.